The number of benzene rings is 3. The molecular formula is C30H33BrClN3O4S. The molecule has 0 radical (unpaired) electrons. The molecule has 7 nitrogen and oxygen atoms in total. The lowest BCUT2D eigenvalue weighted by Gasteiger charge is -2.33. The molecule has 1 unspecified atom stereocenters. The van der Waals surface area contributed by atoms with E-state index in [1.807, 2.05) is 24.3 Å². The van der Waals surface area contributed by atoms with Gasteiger partial charge in [0, 0.05) is 22.1 Å². The Balaban J connectivity index is 1.70. The second-order valence-corrected chi connectivity index (χ2v) is 13.2. The Kier molecular flexibility index (Phi) is 9.92. The van der Waals surface area contributed by atoms with Gasteiger partial charge in [0.05, 0.1) is 10.6 Å². The van der Waals surface area contributed by atoms with Gasteiger partial charge in [0.25, 0.3) is 10.0 Å². The van der Waals surface area contributed by atoms with Gasteiger partial charge in [-0.05, 0) is 74.2 Å². The molecule has 3 aromatic carbocycles. The highest BCUT2D eigenvalue weighted by atomic mass is 79.9. The lowest BCUT2D eigenvalue weighted by atomic mass is 10.1. The van der Waals surface area contributed by atoms with Crippen molar-refractivity contribution in [2.45, 2.75) is 63.1 Å². The number of hydrogen-bond donors (Lipinski definition) is 1. The van der Waals surface area contributed by atoms with Crippen LogP contribution in [0.5, 0.6) is 0 Å². The average Bonchev–Trinajstić information content (AvgIpc) is 3.46. The van der Waals surface area contributed by atoms with Gasteiger partial charge in [-0.2, -0.15) is 0 Å². The van der Waals surface area contributed by atoms with Crippen LogP contribution in [-0.4, -0.2) is 43.8 Å². The highest BCUT2D eigenvalue weighted by molar-refractivity contribution is 9.10. The summed E-state index contributed by atoms with van der Waals surface area (Å²) in [7, 11) is -4.14. The molecule has 1 fully saturated rings. The number of rotatable bonds is 10. The van der Waals surface area contributed by atoms with E-state index in [9.17, 15) is 18.0 Å². The third-order valence-electron chi connectivity index (χ3n) is 7.25. The molecule has 0 bridgehead atoms. The van der Waals surface area contributed by atoms with Crippen LogP contribution < -0.4 is 9.62 Å². The largest absolute Gasteiger partial charge is 0.352 e. The van der Waals surface area contributed by atoms with Crippen molar-refractivity contribution < 1.29 is 18.0 Å². The molecule has 3 aromatic rings. The molecule has 1 N–H and O–H groups in total. The molecule has 0 spiro atoms. The van der Waals surface area contributed by atoms with Gasteiger partial charge in [-0.1, -0.05) is 76.8 Å². The van der Waals surface area contributed by atoms with Gasteiger partial charge in [0.15, 0.2) is 0 Å². The minimum atomic E-state index is -4.14. The van der Waals surface area contributed by atoms with Crippen molar-refractivity contribution in [2.24, 2.45) is 0 Å². The summed E-state index contributed by atoms with van der Waals surface area (Å²) in [6.45, 7) is 3.03. The lowest BCUT2D eigenvalue weighted by molar-refractivity contribution is -0.139. The van der Waals surface area contributed by atoms with Gasteiger partial charge < -0.3 is 10.2 Å². The molecule has 1 aliphatic carbocycles. The van der Waals surface area contributed by atoms with E-state index >= 15 is 0 Å². The summed E-state index contributed by atoms with van der Waals surface area (Å²) in [6.07, 6.45) is 3.95. The standard InChI is InChI=1S/C30H33BrClN3O4S/c1-21-27(32)13-8-14-28(21)35(40(38,39)26-11-4-3-5-12-26)20-29(36)34(19-23-15-17-24(31)18-16-23)22(2)30(37)33-25-9-6-7-10-25/h3-5,8,11-18,22,25H,6-7,9-10,19-20H2,1-2H3,(H,33,37). The molecule has 40 heavy (non-hydrogen) atoms. The van der Waals surface area contributed by atoms with Crippen LogP contribution in [0.1, 0.15) is 43.7 Å². The number of nitrogens with zero attached hydrogens (tertiary/aromatic N) is 2. The van der Waals surface area contributed by atoms with Crippen LogP contribution in [-0.2, 0) is 26.2 Å². The first-order chi connectivity index (χ1) is 19.1. The zero-order chi connectivity index (χ0) is 28.9. The van der Waals surface area contributed by atoms with E-state index in [0.717, 1.165) is 40.0 Å². The number of carbonyl (C=O) groups excluding carboxylic acids is 2. The first kappa shape index (κ1) is 30.1. The van der Waals surface area contributed by atoms with Crippen LogP contribution in [0.3, 0.4) is 0 Å². The summed E-state index contributed by atoms with van der Waals surface area (Å²) in [6, 6.07) is 19.7. The fourth-order valence-electron chi connectivity index (χ4n) is 4.86. The number of sulfonamides is 1. The molecular weight excluding hydrogens is 614 g/mol. The minimum absolute atomic E-state index is 0.0497. The second-order valence-electron chi connectivity index (χ2n) is 10.0. The molecule has 212 valence electrons. The number of amides is 2. The van der Waals surface area contributed by atoms with Crippen molar-refractivity contribution in [3.8, 4) is 0 Å². The van der Waals surface area contributed by atoms with Gasteiger partial charge in [-0.15, -0.1) is 0 Å². The topological polar surface area (TPSA) is 86.8 Å². The maximum Gasteiger partial charge on any atom is 0.264 e. The average molecular weight is 647 g/mol. The van der Waals surface area contributed by atoms with Gasteiger partial charge in [0.2, 0.25) is 11.8 Å². The predicted octanol–water partition coefficient (Wildman–Crippen LogP) is 6.08. The van der Waals surface area contributed by atoms with Gasteiger partial charge in [-0.3, -0.25) is 13.9 Å². The molecule has 1 atom stereocenters. The van der Waals surface area contributed by atoms with Crippen molar-refractivity contribution in [3.63, 3.8) is 0 Å². The van der Waals surface area contributed by atoms with Crippen molar-refractivity contribution in [2.75, 3.05) is 10.8 Å². The lowest BCUT2D eigenvalue weighted by Crippen LogP contribution is -2.52. The first-order valence-corrected chi connectivity index (χ1v) is 15.9. The summed E-state index contributed by atoms with van der Waals surface area (Å²) in [5, 5.41) is 3.46. The molecule has 0 aromatic heterocycles. The molecule has 0 aliphatic heterocycles. The minimum Gasteiger partial charge on any atom is -0.352 e. The van der Waals surface area contributed by atoms with Crippen LogP contribution >= 0.6 is 27.5 Å². The smallest absolute Gasteiger partial charge is 0.264 e. The maximum absolute atomic E-state index is 14.1. The Labute approximate surface area is 249 Å². The zero-order valence-corrected chi connectivity index (χ0v) is 25.7. The van der Waals surface area contributed by atoms with Crippen molar-refractivity contribution in [1.29, 1.82) is 0 Å². The molecule has 0 heterocycles. The summed E-state index contributed by atoms with van der Waals surface area (Å²) in [5.41, 5.74) is 1.65. The summed E-state index contributed by atoms with van der Waals surface area (Å²) < 4.78 is 29.8. The third kappa shape index (κ3) is 7.06. The number of carbonyl (C=O) groups is 2. The Morgan fingerprint density at radius 2 is 1.65 bits per heavy atom. The Bertz CT molecular complexity index is 1450. The molecule has 0 saturated heterocycles. The summed E-state index contributed by atoms with van der Waals surface area (Å²) in [4.78, 5) is 28.8. The fraction of sp³-hybridized carbons (Fsp3) is 0.333. The third-order valence-corrected chi connectivity index (χ3v) is 9.96. The van der Waals surface area contributed by atoms with E-state index in [1.54, 1.807) is 50.2 Å². The highest BCUT2D eigenvalue weighted by Crippen LogP contribution is 2.31. The summed E-state index contributed by atoms with van der Waals surface area (Å²) in [5.74, 6) is -0.760. The van der Waals surface area contributed by atoms with Crippen LogP contribution in [0.2, 0.25) is 5.02 Å². The molecule has 10 heteroatoms. The number of halogens is 2. The van der Waals surface area contributed by atoms with Gasteiger partial charge in [-0.25, -0.2) is 8.42 Å². The van der Waals surface area contributed by atoms with Gasteiger partial charge in [0.1, 0.15) is 12.6 Å². The van der Waals surface area contributed by atoms with Crippen LogP contribution in [0.15, 0.2) is 82.2 Å². The monoisotopic (exact) mass is 645 g/mol. The SMILES string of the molecule is Cc1c(Cl)cccc1N(CC(=O)N(Cc1ccc(Br)cc1)C(C)C(=O)NC1CCCC1)S(=O)(=O)c1ccccc1. The predicted molar refractivity (Wildman–Crippen MR) is 162 cm³/mol. The zero-order valence-electron chi connectivity index (χ0n) is 22.5. The summed E-state index contributed by atoms with van der Waals surface area (Å²) >= 11 is 9.80. The molecule has 4 rings (SSSR count). The Morgan fingerprint density at radius 3 is 2.30 bits per heavy atom. The number of nitrogens with one attached hydrogen (secondary N) is 1. The van der Waals surface area contributed by atoms with Crippen LogP contribution in [0, 0.1) is 6.92 Å². The normalized spacial score (nSPS) is 14.5. The maximum atomic E-state index is 14.1. The van der Waals surface area contributed by atoms with Gasteiger partial charge >= 0.3 is 0 Å². The molecule has 2 amide bonds. The van der Waals surface area contributed by atoms with E-state index in [-0.39, 0.29) is 23.4 Å². The Hall–Kier alpha value is -2.88. The van der Waals surface area contributed by atoms with E-state index < -0.39 is 28.5 Å². The van der Waals surface area contributed by atoms with E-state index in [4.69, 9.17) is 11.6 Å². The fourth-order valence-corrected chi connectivity index (χ4v) is 6.79. The molecule has 1 saturated carbocycles. The van der Waals surface area contributed by atoms with Crippen LogP contribution in [0.25, 0.3) is 0 Å². The molecule has 1 aliphatic rings. The van der Waals surface area contributed by atoms with E-state index in [2.05, 4.69) is 21.2 Å². The van der Waals surface area contributed by atoms with E-state index in [1.165, 1.54) is 17.0 Å². The second kappa shape index (κ2) is 13.2. The van der Waals surface area contributed by atoms with Crippen molar-refractivity contribution in [3.05, 3.63) is 93.4 Å². The first-order valence-electron chi connectivity index (χ1n) is 13.2. The van der Waals surface area contributed by atoms with E-state index in [0.29, 0.717) is 16.3 Å². The Morgan fingerprint density at radius 1 is 1.00 bits per heavy atom. The van der Waals surface area contributed by atoms with Crippen molar-refractivity contribution in [1.82, 2.24) is 10.2 Å². The van der Waals surface area contributed by atoms with Crippen LogP contribution in [0.4, 0.5) is 5.69 Å². The highest BCUT2D eigenvalue weighted by Gasteiger charge is 2.34. The number of anilines is 1. The number of hydrogen-bond acceptors (Lipinski definition) is 4. The van der Waals surface area contributed by atoms with Crippen molar-refractivity contribution >= 4 is 55.1 Å². The quantitative estimate of drug-likeness (QED) is 0.289.